The third-order valence-corrected chi connectivity index (χ3v) is 5.47. The summed E-state index contributed by atoms with van der Waals surface area (Å²) in [5, 5.41) is 11.2. The topological polar surface area (TPSA) is 126 Å². The number of carbonyl (C=O) groups excluding carboxylic acids is 1. The van der Waals surface area contributed by atoms with Gasteiger partial charge in [-0.2, -0.15) is 4.98 Å². The van der Waals surface area contributed by atoms with Crippen LogP contribution in [-0.2, 0) is 11.3 Å². The van der Waals surface area contributed by atoms with E-state index in [1.165, 1.54) is 18.6 Å². The first-order valence-corrected chi connectivity index (χ1v) is 11.0. The van der Waals surface area contributed by atoms with Crippen molar-refractivity contribution in [3.05, 3.63) is 76.8 Å². The standard InChI is InChI=1S/C25H22N6O5/c1-15-6-4-7-16(10-15)22-27-24(36-29-22)20-8-5-9-30-23(20)28-31(25(30)33)14-21(32)26-17-11-18(34-2)13-19(12-17)35-3/h4-13H,14H2,1-3H3,(H,26,32). The zero-order valence-electron chi connectivity index (χ0n) is 19.8. The zero-order chi connectivity index (χ0) is 25.2. The Morgan fingerprint density at radius 2 is 1.83 bits per heavy atom. The van der Waals surface area contributed by atoms with Crippen LogP contribution in [0.1, 0.15) is 5.56 Å². The second-order valence-electron chi connectivity index (χ2n) is 8.00. The molecule has 3 aromatic heterocycles. The lowest BCUT2D eigenvalue weighted by atomic mass is 10.1. The second-order valence-corrected chi connectivity index (χ2v) is 8.00. The number of nitrogens with one attached hydrogen (secondary N) is 1. The number of fused-ring (bicyclic) bond motifs is 1. The number of rotatable bonds is 7. The van der Waals surface area contributed by atoms with E-state index in [4.69, 9.17) is 14.0 Å². The van der Waals surface area contributed by atoms with E-state index in [1.807, 2.05) is 31.2 Å². The van der Waals surface area contributed by atoms with Gasteiger partial charge in [-0.25, -0.2) is 13.9 Å². The molecule has 0 radical (unpaired) electrons. The van der Waals surface area contributed by atoms with E-state index in [9.17, 15) is 9.59 Å². The molecule has 5 rings (SSSR count). The number of carbonyl (C=O) groups is 1. The number of anilines is 1. The largest absolute Gasteiger partial charge is 0.497 e. The Labute approximate surface area is 204 Å². The summed E-state index contributed by atoms with van der Waals surface area (Å²) in [4.78, 5) is 30.1. The van der Waals surface area contributed by atoms with Crippen molar-refractivity contribution in [2.45, 2.75) is 13.5 Å². The highest BCUT2D eigenvalue weighted by Crippen LogP contribution is 2.26. The van der Waals surface area contributed by atoms with Crippen molar-refractivity contribution in [2.24, 2.45) is 0 Å². The molecule has 0 bridgehead atoms. The van der Waals surface area contributed by atoms with Crippen LogP contribution in [0.4, 0.5) is 5.69 Å². The lowest BCUT2D eigenvalue weighted by molar-refractivity contribution is -0.117. The molecular weight excluding hydrogens is 464 g/mol. The van der Waals surface area contributed by atoms with Gasteiger partial charge in [0.15, 0.2) is 5.65 Å². The summed E-state index contributed by atoms with van der Waals surface area (Å²) in [5.74, 6) is 1.22. The molecule has 0 aliphatic heterocycles. The van der Waals surface area contributed by atoms with Crippen LogP contribution in [0.3, 0.4) is 0 Å². The molecule has 0 spiro atoms. The summed E-state index contributed by atoms with van der Waals surface area (Å²) in [6.07, 6.45) is 1.56. The molecule has 0 unspecified atom stereocenters. The highest BCUT2D eigenvalue weighted by molar-refractivity contribution is 5.91. The fourth-order valence-electron chi connectivity index (χ4n) is 3.76. The fourth-order valence-corrected chi connectivity index (χ4v) is 3.76. The van der Waals surface area contributed by atoms with Gasteiger partial charge in [0.25, 0.3) is 5.89 Å². The number of ether oxygens (including phenoxy) is 2. The molecule has 11 heteroatoms. The molecule has 0 aliphatic carbocycles. The van der Waals surface area contributed by atoms with Gasteiger partial charge in [0.1, 0.15) is 18.0 Å². The summed E-state index contributed by atoms with van der Waals surface area (Å²) >= 11 is 0. The summed E-state index contributed by atoms with van der Waals surface area (Å²) in [6.45, 7) is 1.67. The van der Waals surface area contributed by atoms with E-state index in [2.05, 4.69) is 20.6 Å². The average Bonchev–Trinajstić information content (AvgIpc) is 3.49. The molecule has 2 aromatic carbocycles. The molecule has 0 saturated carbocycles. The van der Waals surface area contributed by atoms with E-state index in [1.54, 1.807) is 36.5 Å². The van der Waals surface area contributed by atoms with Gasteiger partial charge < -0.3 is 19.3 Å². The van der Waals surface area contributed by atoms with Gasteiger partial charge in [-0.15, -0.1) is 5.10 Å². The van der Waals surface area contributed by atoms with Crippen LogP contribution in [0.25, 0.3) is 28.5 Å². The van der Waals surface area contributed by atoms with Crippen molar-refractivity contribution in [2.75, 3.05) is 19.5 Å². The minimum absolute atomic E-state index is 0.210. The van der Waals surface area contributed by atoms with Crippen molar-refractivity contribution in [1.29, 1.82) is 0 Å². The number of hydrogen-bond acceptors (Lipinski definition) is 8. The molecule has 182 valence electrons. The normalized spacial score (nSPS) is 11.0. The lowest BCUT2D eigenvalue weighted by Crippen LogP contribution is -2.28. The molecule has 0 atom stereocenters. The molecule has 36 heavy (non-hydrogen) atoms. The third-order valence-electron chi connectivity index (χ3n) is 5.47. The maximum Gasteiger partial charge on any atom is 0.350 e. The molecule has 11 nitrogen and oxygen atoms in total. The van der Waals surface area contributed by atoms with Crippen molar-refractivity contribution >= 4 is 17.2 Å². The molecule has 0 fully saturated rings. The Hall–Kier alpha value is -4.93. The molecule has 1 N–H and O–H groups in total. The number of methoxy groups -OCH3 is 2. The minimum atomic E-state index is -0.483. The molecular formula is C25H22N6O5. The van der Waals surface area contributed by atoms with Gasteiger partial charge in [-0.3, -0.25) is 4.79 Å². The SMILES string of the molecule is COc1cc(NC(=O)Cn2nc3c(-c4nc(-c5cccc(C)c5)no4)cccn3c2=O)cc(OC)c1. The second kappa shape index (κ2) is 9.37. The molecule has 0 aliphatic rings. The van der Waals surface area contributed by atoms with E-state index < -0.39 is 11.6 Å². The zero-order valence-corrected chi connectivity index (χ0v) is 19.8. The highest BCUT2D eigenvalue weighted by Gasteiger charge is 2.19. The number of hydrogen-bond donors (Lipinski definition) is 1. The van der Waals surface area contributed by atoms with Crippen LogP contribution in [0.15, 0.2) is 70.1 Å². The smallest absolute Gasteiger partial charge is 0.350 e. The average molecular weight is 486 g/mol. The first kappa shape index (κ1) is 22.8. The van der Waals surface area contributed by atoms with Crippen molar-refractivity contribution in [1.82, 2.24) is 24.3 Å². The Bertz CT molecular complexity index is 1610. The van der Waals surface area contributed by atoms with Crippen molar-refractivity contribution < 1.29 is 18.8 Å². The van der Waals surface area contributed by atoms with E-state index in [-0.39, 0.29) is 18.1 Å². The third kappa shape index (κ3) is 4.41. The van der Waals surface area contributed by atoms with Crippen LogP contribution >= 0.6 is 0 Å². The quantitative estimate of drug-likeness (QED) is 0.372. The van der Waals surface area contributed by atoms with Crippen LogP contribution in [0.5, 0.6) is 11.5 Å². The van der Waals surface area contributed by atoms with Gasteiger partial charge in [0, 0.05) is 35.6 Å². The van der Waals surface area contributed by atoms with Gasteiger partial charge in [0.2, 0.25) is 11.7 Å². The van der Waals surface area contributed by atoms with Crippen LogP contribution in [0, 0.1) is 6.92 Å². The summed E-state index contributed by atoms with van der Waals surface area (Å²) in [5.41, 5.74) is 2.62. The van der Waals surface area contributed by atoms with Crippen LogP contribution < -0.4 is 20.5 Å². The summed E-state index contributed by atoms with van der Waals surface area (Å²) in [6, 6.07) is 16.1. The van der Waals surface area contributed by atoms with Gasteiger partial charge in [-0.05, 0) is 25.1 Å². The van der Waals surface area contributed by atoms with Crippen LogP contribution in [-0.4, -0.2) is 44.4 Å². The van der Waals surface area contributed by atoms with Crippen LogP contribution in [0.2, 0.25) is 0 Å². The fraction of sp³-hybridized carbons (Fsp3) is 0.160. The number of aryl methyl sites for hydroxylation is 1. The number of aromatic nitrogens is 5. The predicted octanol–water partition coefficient (Wildman–Crippen LogP) is 3.18. The van der Waals surface area contributed by atoms with E-state index in [0.29, 0.717) is 28.6 Å². The maximum absolute atomic E-state index is 12.9. The maximum atomic E-state index is 12.9. The first-order valence-electron chi connectivity index (χ1n) is 11.0. The molecule has 1 amide bonds. The Morgan fingerprint density at radius 3 is 2.56 bits per heavy atom. The van der Waals surface area contributed by atoms with E-state index in [0.717, 1.165) is 15.8 Å². The van der Waals surface area contributed by atoms with Crippen molar-refractivity contribution in [3.8, 4) is 34.3 Å². The van der Waals surface area contributed by atoms with Crippen molar-refractivity contribution in [3.63, 3.8) is 0 Å². The lowest BCUT2D eigenvalue weighted by Gasteiger charge is -2.09. The Kier molecular flexibility index (Phi) is 5.95. The highest BCUT2D eigenvalue weighted by atomic mass is 16.5. The number of benzene rings is 2. The molecule has 5 aromatic rings. The number of amides is 1. The monoisotopic (exact) mass is 486 g/mol. The number of pyridine rings is 1. The van der Waals surface area contributed by atoms with Gasteiger partial charge >= 0.3 is 5.69 Å². The predicted molar refractivity (Wildman–Crippen MR) is 131 cm³/mol. The van der Waals surface area contributed by atoms with E-state index >= 15 is 0 Å². The van der Waals surface area contributed by atoms with Gasteiger partial charge in [0.05, 0.1) is 19.8 Å². The minimum Gasteiger partial charge on any atom is -0.497 e. The number of nitrogens with zero attached hydrogens (tertiary/aromatic N) is 5. The molecule has 0 saturated heterocycles. The molecule has 3 heterocycles. The Morgan fingerprint density at radius 1 is 1.06 bits per heavy atom. The summed E-state index contributed by atoms with van der Waals surface area (Å²) < 4.78 is 18.3. The van der Waals surface area contributed by atoms with Gasteiger partial charge in [-0.1, -0.05) is 28.9 Å². The Balaban J connectivity index is 1.43. The first-order chi connectivity index (χ1) is 17.4. The summed E-state index contributed by atoms with van der Waals surface area (Å²) in [7, 11) is 3.03.